The van der Waals surface area contributed by atoms with Crippen LogP contribution < -0.4 is 5.32 Å². The summed E-state index contributed by atoms with van der Waals surface area (Å²) in [5.41, 5.74) is 0.928. The molecule has 1 aromatic rings. The molecule has 2 atom stereocenters. The number of hydrogen-bond acceptors (Lipinski definition) is 6. The summed E-state index contributed by atoms with van der Waals surface area (Å²) in [6.45, 7) is 1.46. The third-order valence-electron chi connectivity index (χ3n) is 4.90. The number of esters is 2. The van der Waals surface area contributed by atoms with Gasteiger partial charge in [0.05, 0.1) is 6.61 Å². The molecular weight excluding hydrogens is 433 g/mol. The van der Waals surface area contributed by atoms with Gasteiger partial charge in [-0.2, -0.15) is 13.2 Å². The van der Waals surface area contributed by atoms with Crippen molar-refractivity contribution in [1.29, 1.82) is 0 Å². The molecule has 8 nitrogen and oxygen atoms in total. The van der Waals surface area contributed by atoms with Crippen molar-refractivity contribution in [1.82, 2.24) is 10.2 Å². The molecule has 1 aliphatic rings. The fourth-order valence-corrected chi connectivity index (χ4v) is 3.37. The number of unbranched alkanes of at least 4 members (excludes halogenated alkanes) is 1. The third-order valence-corrected chi connectivity index (χ3v) is 4.90. The molecule has 1 aliphatic heterocycles. The largest absolute Gasteiger partial charge is 0.471 e. The fraction of sp³-hybridized carbons (Fsp3) is 0.524. The zero-order chi connectivity index (χ0) is 23.7. The average molecular weight is 458 g/mol. The number of benzene rings is 1. The second-order valence-electron chi connectivity index (χ2n) is 7.15. The van der Waals surface area contributed by atoms with Crippen LogP contribution in [0.2, 0.25) is 0 Å². The lowest BCUT2D eigenvalue weighted by Gasteiger charge is -2.28. The highest BCUT2D eigenvalue weighted by molar-refractivity contribution is 5.97. The van der Waals surface area contributed by atoms with Crippen LogP contribution >= 0.6 is 0 Å². The zero-order valence-electron chi connectivity index (χ0n) is 17.5. The summed E-state index contributed by atoms with van der Waals surface area (Å²) in [7, 11) is 0. The highest BCUT2D eigenvalue weighted by atomic mass is 19.4. The molecule has 0 saturated carbocycles. The molecule has 1 saturated heterocycles. The number of aryl methyl sites for hydroxylation is 1. The maximum atomic E-state index is 12.6. The molecule has 1 N–H and O–H groups in total. The van der Waals surface area contributed by atoms with Gasteiger partial charge in [0, 0.05) is 6.54 Å². The Morgan fingerprint density at radius 1 is 1.19 bits per heavy atom. The lowest BCUT2D eigenvalue weighted by Crippen LogP contribution is -2.48. The first-order chi connectivity index (χ1) is 15.1. The molecule has 32 heavy (non-hydrogen) atoms. The Labute approximate surface area is 183 Å². The number of amides is 2. The van der Waals surface area contributed by atoms with Gasteiger partial charge < -0.3 is 14.8 Å². The molecule has 2 rings (SSSR count). The van der Waals surface area contributed by atoms with Gasteiger partial charge in [-0.25, -0.2) is 14.4 Å². The number of halogens is 3. The van der Waals surface area contributed by atoms with Crippen molar-refractivity contribution < 1.29 is 41.8 Å². The number of carbonyl (C=O) groups is 4. The van der Waals surface area contributed by atoms with Gasteiger partial charge in [0.25, 0.3) is 0 Å². The predicted octanol–water partition coefficient (Wildman–Crippen LogP) is 2.75. The standard InChI is InChI=1S/C21H25F3N2O6/c1-2-31-17(27)16(12-11-14-8-4-3-5-9-14)26-15(18(28)32-20(26)30)10-6-7-13-25-19(29)21(22,23)24/h3-5,8-9,15-16H,2,6-7,10-13H2,1H3,(H,25,29)/t15-,16-/m0/s1. The average Bonchev–Trinajstić information content (AvgIpc) is 3.01. The Kier molecular flexibility index (Phi) is 9.03. The molecule has 0 aromatic heterocycles. The number of ether oxygens (including phenoxy) is 2. The normalized spacial score (nSPS) is 17.1. The first kappa shape index (κ1) is 25.2. The van der Waals surface area contributed by atoms with Crippen LogP contribution in [0.15, 0.2) is 30.3 Å². The maximum Gasteiger partial charge on any atom is 0.471 e. The van der Waals surface area contributed by atoms with Gasteiger partial charge in [0.2, 0.25) is 0 Å². The van der Waals surface area contributed by atoms with Gasteiger partial charge in [-0.1, -0.05) is 30.3 Å². The van der Waals surface area contributed by atoms with Crippen LogP contribution in [0.4, 0.5) is 18.0 Å². The molecule has 0 spiro atoms. The van der Waals surface area contributed by atoms with E-state index in [1.807, 2.05) is 30.3 Å². The first-order valence-corrected chi connectivity index (χ1v) is 10.2. The Bertz CT molecular complexity index is 816. The van der Waals surface area contributed by atoms with Crippen molar-refractivity contribution in [3.8, 4) is 0 Å². The van der Waals surface area contributed by atoms with E-state index in [1.54, 1.807) is 12.2 Å². The first-order valence-electron chi connectivity index (χ1n) is 10.2. The number of nitrogens with one attached hydrogen (secondary N) is 1. The molecule has 0 radical (unpaired) electrons. The van der Waals surface area contributed by atoms with Gasteiger partial charge in [-0.15, -0.1) is 0 Å². The maximum absolute atomic E-state index is 12.6. The summed E-state index contributed by atoms with van der Waals surface area (Å²) in [6, 6.07) is 7.13. The van der Waals surface area contributed by atoms with Crippen LogP contribution in [-0.4, -0.2) is 60.3 Å². The lowest BCUT2D eigenvalue weighted by molar-refractivity contribution is -0.173. The number of cyclic esters (lactones) is 2. The monoisotopic (exact) mass is 458 g/mol. The van der Waals surface area contributed by atoms with Crippen LogP contribution in [0.3, 0.4) is 0 Å². The summed E-state index contributed by atoms with van der Waals surface area (Å²) in [5.74, 6) is -3.54. The van der Waals surface area contributed by atoms with E-state index >= 15 is 0 Å². The minimum absolute atomic E-state index is 0.0632. The van der Waals surface area contributed by atoms with E-state index in [0.717, 1.165) is 10.5 Å². The summed E-state index contributed by atoms with van der Waals surface area (Å²) < 4.78 is 46.4. The van der Waals surface area contributed by atoms with Crippen molar-refractivity contribution in [2.75, 3.05) is 13.2 Å². The Hall–Kier alpha value is -3.11. The van der Waals surface area contributed by atoms with Gasteiger partial charge >= 0.3 is 30.1 Å². The van der Waals surface area contributed by atoms with Crippen LogP contribution in [0.25, 0.3) is 0 Å². The second kappa shape index (κ2) is 11.5. The number of nitrogens with zero attached hydrogens (tertiary/aromatic N) is 1. The smallest absolute Gasteiger partial charge is 0.464 e. The molecule has 1 aromatic carbocycles. The van der Waals surface area contributed by atoms with Crippen molar-refractivity contribution in [3.63, 3.8) is 0 Å². The van der Waals surface area contributed by atoms with E-state index in [2.05, 4.69) is 0 Å². The summed E-state index contributed by atoms with van der Waals surface area (Å²) in [5, 5.41) is 1.74. The predicted molar refractivity (Wildman–Crippen MR) is 105 cm³/mol. The SMILES string of the molecule is CCOC(=O)[C@H](CCc1ccccc1)N1C(=O)OC(=O)[C@@H]1CCCCNC(=O)C(F)(F)F. The minimum Gasteiger partial charge on any atom is -0.464 e. The molecule has 0 bridgehead atoms. The molecule has 1 heterocycles. The quantitative estimate of drug-likeness (QED) is 0.311. The summed E-state index contributed by atoms with van der Waals surface area (Å²) in [6.07, 6.45) is -4.87. The van der Waals surface area contributed by atoms with Crippen molar-refractivity contribution in [2.24, 2.45) is 0 Å². The van der Waals surface area contributed by atoms with Crippen LogP contribution in [0.5, 0.6) is 0 Å². The van der Waals surface area contributed by atoms with Gasteiger partial charge in [0.1, 0.15) is 12.1 Å². The van der Waals surface area contributed by atoms with E-state index in [1.165, 1.54) is 0 Å². The Morgan fingerprint density at radius 2 is 1.88 bits per heavy atom. The highest BCUT2D eigenvalue weighted by Gasteiger charge is 2.47. The van der Waals surface area contributed by atoms with Crippen molar-refractivity contribution >= 4 is 23.9 Å². The lowest BCUT2D eigenvalue weighted by atomic mass is 10.0. The Balaban J connectivity index is 2.01. The zero-order valence-corrected chi connectivity index (χ0v) is 17.5. The Morgan fingerprint density at radius 3 is 2.50 bits per heavy atom. The molecule has 11 heteroatoms. The topological polar surface area (TPSA) is 102 Å². The highest BCUT2D eigenvalue weighted by Crippen LogP contribution is 2.25. The van der Waals surface area contributed by atoms with Crippen LogP contribution in [-0.2, 0) is 30.3 Å². The van der Waals surface area contributed by atoms with Crippen LogP contribution in [0.1, 0.15) is 38.2 Å². The van der Waals surface area contributed by atoms with E-state index in [0.29, 0.717) is 6.42 Å². The van der Waals surface area contributed by atoms with Gasteiger partial charge in [-0.3, -0.25) is 9.69 Å². The second-order valence-corrected chi connectivity index (χ2v) is 7.15. The number of hydrogen-bond donors (Lipinski definition) is 1. The summed E-state index contributed by atoms with van der Waals surface area (Å²) >= 11 is 0. The molecule has 1 fully saturated rings. The number of carbonyl (C=O) groups excluding carboxylic acids is 4. The number of alkyl halides is 3. The van der Waals surface area contributed by atoms with Crippen molar-refractivity contribution in [2.45, 2.75) is 57.3 Å². The molecule has 2 amide bonds. The number of rotatable bonds is 11. The van der Waals surface area contributed by atoms with Gasteiger partial charge in [0.15, 0.2) is 0 Å². The van der Waals surface area contributed by atoms with E-state index in [9.17, 15) is 32.3 Å². The molecule has 0 aliphatic carbocycles. The molecular formula is C21H25F3N2O6. The molecule has 176 valence electrons. The van der Waals surface area contributed by atoms with E-state index < -0.39 is 42.2 Å². The summed E-state index contributed by atoms with van der Waals surface area (Å²) in [4.78, 5) is 49.0. The van der Waals surface area contributed by atoms with E-state index in [4.69, 9.17) is 9.47 Å². The molecule has 0 unspecified atom stereocenters. The third kappa shape index (κ3) is 6.96. The van der Waals surface area contributed by atoms with E-state index in [-0.39, 0.29) is 38.8 Å². The van der Waals surface area contributed by atoms with Gasteiger partial charge in [-0.05, 0) is 44.6 Å². The minimum atomic E-state index is -4.97. The van der Waals surface area contributed by atoms with Crippen molar-refractivity contribution in [3.05, 3.63) is 35.9 Å². The van der Waals surface area contributed by atoms with Crippen LogP contribution in [0, 0.1) is 0 Å². The fourth-order valence-electron chi connectivity index (χ4n) is 3.37.